The number of ether oxygens (including phenoxy) is 1. The van der Waals surface area contributed by atoms with Crippen LogP contribution in [0.5, 0.6) is 0 Å². The van der Waals surface area contributed by atoms with Crippen LogP contribution in [0.25, 0.3) is 0 Å². The van der Waals surface area contributed by atoms with Crippen molar-refractivity contribution in [1.82, 2.24) is 9.80 Å². The first-order valence-electron chi connectivity index (χ1n) is 9.48. The van der Waals surface area contributed by atoms with Gasteiger partial charge < -0.3 is 19.8 Å². The van der Waals surface area contributed by atoms with Crippen molar-refractivity contribution in [1.29, 1.82) is 0 Å². The second kappa shape index (κ2) is 7.68. The van der Waals surface area contributed by atoms with E-state index in [9.17, 15) is 15.0 Å². The molecule has 3 atom stereocenters. The average molecular weight is 340 g/mol. The number of hydrogen-bond acceptors (Lipinski definition) is 5. The van der Waals surface area contributed by atoms with E-state index in [1.165, 1.54) is 0 Å². The summed E-state index contributed by atoms with van der Waals surface area (Å²) >= 11 is 0. The number of aliphatic hydroxyl groups is 2. The summed E-state index contributed by atoms with van der Waals surface area (Å²) in [6.07, 6.45) is 5.99. The van der Waals surface area contributed by atoms with Crippen molar-refractivity contribution in [3.63, 3.8) is 0 Å². The fourth-order valence-electron chi connectivity index (χ4n) is 4.65. The van der Waals surface area contributed by atoms with Crippen LogP contribution in [0.15, 0.2) is 0 Å². The number of carbonyl (C=O) groups excluding carboxylic acids is 1. The lowest BCUT2D eigenvalue weighted by Crippen LogP contribution is -2.52. The van der Waals surface area contributed by atoms with Gasteiger partial charge in [-0.25, -0.2) is 0 Å². The molecule has 1 aliphatic heterocycles. The summed E-state index contributed by atoms with van der Waals surface area (Å²) in [4.78, 5) is 16.6. The number of rotatable bonds is 4. The third kappa shape index (κ3) is 3.93. The number of amides is 1. The Kier molecular flexibility index (Phi) is 5.80. The minimum atomic E-state index is -0.837. The van der Waals surface area contributed by atoms with Crippen LogP contribution in [0.3, 0.4) is 0 Å². The molecule has 1 heterocycles. The van der Waals surface area contributed by atoms with E-state index in [4.69, 9.17) is 4.74 Å². The molecule has 6 heteroatoms. The smallest absolute Gasteiger partial charge is 0.225 e. The summed E-state index contributed by atoms with van der Waals surface area (Å²) in [5.74, 6) is -0.0360. The van der Waals surface area contributed by atoms with E-state index in [2.05, 4.69) is 4.90 Å². The molecule has 3 aliphatic rings. The predicted molar refractivity (Wildman–Crippen MR) is 90.6 cm³/mol. The van der Waals surface area contributed by atoms with Gasteiger partial charge in [-0.05, 0) is 25.7 Å². The van der Waals surface area contributed by atoms with Gasteiger partial charge in [-0.1, -0.05) is 19.3 Å². The van der Waals surface area contributed by atoms with Crippen molar-refractivity contribution < 1.29 is 19.7 Å². The number of aliphatic hydroxyl groups excluding tert-OH is 1. The average Bonchev–Trinajstić information content (AvgIpc) is 2.96. The van der Waals surface area contributed by atoms with Crippen LogP contribution in [0.1, 0.15) is 51.4 Å². The zero-order valence-corrected chi connectivity index (χ0v) is 14.8. The maximum absolute atomic E-state index is 12.7. The summed E-state index contributed by atoms with van der Waals surface area (Å²) in [5, 5.41) is 21.4. The highest BCUT2D eigenvalue weighted by molar-refractivity contribution is 5.77. The first-order valence-corrected chi connectivity index (χ1v) is 9.48. The Labute approximate surface area is 144 Å². The quantitative estimate of drug-likeness (QED) is 0.790. The monoisotopic (exact) mass is 340 g/mol. The van der Waals surface area contributed by atoms with Gasteiger partial charge >= 0.3 is 0 Å². The van der Waals surface area contributed by atoms with E-state index < -0.39 is 11.7 Å². The third-order valence-electron chi connectivity index (χ3n) is 6.22. The highest BCUT2D eigenvalue weighted by Gasteiger charge is 2.43. The molecular formula is C18H32N2O4. The molecule has 0 radical (unpaired) electrons. The summed E-state index contributed by atoms with van der Waals surface area (Å²) < 4.78 is 5.39. The predicted octanol–water partition coefficient (Wildman–Crippen LogP) is 0.754. The molecule has 2 N–H and O–H groups in total. The minimum Gasteiger partial charge on any atom is -0.389 e. The normalized spacial score (nSPS) is 34.2. The van der Waals surface area contributed by atoms with E-state index in [0.29, 0.717) is 0 Å². The molecule has 0 bridgehead atoms. The number of morpholine rings is 1. The molecule has 3 rings (SSSR count). The van der Waals surface area contributed by atoms with Gasteiger partial charge in [0.05, 0.1) is 37.4 Å². The second-order valence-corrected chi connectivity index (χ2v) is 7.82. The Morgan fingerprint density at radius 3 is 2.54 bits per heavy atom. The summed E-state index contributed by atoms with van der Waals surface area (Å²) in [6, 6.07) is -0.0237. The van der Waals surface area contributed by atoms with Crippen LogP contribution >= 0.6 is 0 Å². The first-order chi connectivity index (χ1) is 11.5. The van der Waals surface area contributed by atoms with E-state index in [0.717, 1.165) is 71.2 Å². The Morgan fingerprint density at radius 1 is 1.21 bits per heavy atom. The maximum atomic E-state index is 12.7. The van der Waals surface area contributed by atoms with Gasteiger partial charge in [-0.2, -0.15) is 0 Å². The zero-order chi connectivity index (χ0) is 17.2. The van der Waals surface area contributed by atoms with Crippen molar-refractivity contribution >= 4 is 5.91 Å². The molecule has 6 nitrogen and oxygen atoms in total. The SMILES string of the molecule is CN(C(=O)CC1(O)CCCCC1)[C@@H]1CC[C@@H](N2CCOCC2)[C@@H]1O. The number of likely N-dealkylation sites (N-methyl/N-ethyl adjacent to an activating group) is 1. The standard InChI is InChI=1S/C18H32N2O4/c1-19(16(21)13-18(23)7-3-2-4-8-18)14-5-6-15(17(14)22)20-9-11-24-12-10-20/h14-15,17,22-23H,2-13H2,1H3/t14-,15-,17-/m1/s1. The molecule has 1 amide bonds. The zero-order valence-electron chi connectivity index (χ0n) is 14.8. The first kappa shape index (κ1) is 18.1. The van der Waals surface area contributed by atoms with Crippen LogP contribution in [-0.4, -0.2) is 83.1 Å². The molecule has 0 aromatic carbocycles. The topological polar surface area (TPSA) is 73.2 Å². The fourth-order valence-corrected chi connectivity index (χ4v) is 4.65. The van der Waals surface area contributed by atoms with Gasteiger partial charge in [-0.15, -0.1) is 0 Å². The Bertz CT molecular complexity index is 433. The molecule has 2 saturated carbocycles. The van der Waals surface area contributed by atoms with Gasteiger partial charge in [0, 0.05) is 26.2 Å². The molecule has 0 spiro atoms. The van der Waals surface area contributed by atoms with Gasteiger partial charge in [0.25, 0.3) is 0 Å². The van der Waals surface area contributed by atoms with Crippen LogP contribution in [0.4, 0.5) is 0 Å². The molecule has 2 aliphatic carbocycles. The molecule has 138 valence electrons. The van der Waals surface area contributed by atoms with Crippen LogP contribution in [-0.2, 0) is 9.53 Å². The highest BCUT2D eigenvalue weighted by atomic mass is 16.5. The van der Waals surface area contributed by atoms with Crippen molar-refractivity contribution in [3.05, 3.63) is 0 Å². The van der Waals surface area contributed by atoms with Gasteiger partial charge in [0.15, 0.2) is 0 Å². The lowest BCUT2D eigenvalue weighted by molar-refractivity contribution is -0.141. The maximum Gasteiger partial charge on any atom is 0.225 e. The summed E-state index contributed by atoms with van der Waals surface area (Å²) in [7, 11) is 1.78. The summed E-state index contributed by atoms with van der Waals surface area (Å²) in [5.41, 5.74) is -0.837. The van der Waals surface area contributed by atoms with Gasteiger partial charge in [0.1, 0.15) is 0 Å². The van der Waals surface area contributed by atoms with E-state index >= 15 is 0 Å². The van der Waals surface area contributed by atoms with Gasteiger partial charge in [-0.3, -0.25) is 9.69 Å². The van der Waals surface area contributed by atoms with Crippen LogP contribution in [0, 0.1) is 0 Å². The Hall–Kier alpha value is -0.690. The molecule has 24 heavy (non-hydrogen) atoms. The minimum absolute atomic E-state index is 0.0360. The van der Waals surface area contributed by atoms with Crippen molar-refractivity contribution in [3.8, 4) is 0 Å². The van der Waals surface area contributed by atoms with Gasteiger partial charge in [0.2, 0.25) is 5.91 Å². The lowest BCUT2D eigenvalue weighted by atomic mass is 9.82. The molecule has 3 fully saturated rings. The van der Waals surface area contributed by atoms with E-state index in [1.807, 2.05) is 0 Å². The van der Waals surface area contributed by atoms with Crippen molar-refractivity contribution in [2.45, 2.75) is 75.2 Å². The number of nitrogens with zero attached hydrogens (tertiary/aromatic N) is 2. The van der Waals surface area contributed by atoms with Crippen LogP contribution < -0.4 is 0 Å². The van der Waals surface area contributed by atoms with Crippen molar-refractivity contribution in [2.75, 3.05) is 33.4 Å². The Balaban J connectivity index is 1.56. The highest BCUT2D eigenvalue weighted by Crippen LogP contribution is 2.33. The second-order valence-electron chi connectivity index (χ2n) is 7.82. The molecule has 0 aromatic heterocycles. The number of hydrogen-bond donors (Lipinski definition) is 2. The van der Waals surface area contributed by atoms with E-state index in [1.54, 1.807) is 11.9 Å². The third-order valence-corrected chi connectivity index (χ3v) is 6.22. The fraction of sp³-hybridized carbons (Fsp3) is 0.944. The Morgan fingerprint density at radius 2 is 1.88 bits per heavy atom. The lowest BCUT2D eigenvalue weighted by Gasteiger charge is -2.37. The molecule has 0 aromatic rings. The molecule has 1 saturated heterocycles. The molecule has 0 unspecified atom stereocenters. The molecular weight excluding hydrogens is 308 g/mol. The summed E-state index contributed by atoms with van der Waals surface area (Å²) in [6.45, 7) is 3.14. The van der Waals surface area contributed by atoms with Crippen LogP contribution in [0.2, 0.25) is 0 Å². The number of carbonyl (C=O) groups is 1. The largest absolute Gasteiger partial charge is 0.389 e. The van der Waals surface area contributed by atoms with Crippen molar-refractivity contribution in [2.24, 2.45) is 0 Å². The van der Waals surface area contributed by atoms with E-state index in [-0.39, 0.29) is 24.4 Å².